The molecule has 0 saturated heterocycles. The van der Waals surface area contributed by atoms with E-state index in [1.165, 1.54) is 14.2 Å². The van der Waals surface area contributed by atoms with Gasteiger partial charge in [-0.3, -0.25) is 9.59 Å². The highest BCUT2D eigenvalue weighted by molar-refractivity contribution is 5.83. The molecular weight excluding hydrogens is 272 g/mol. The number of nitrogens with two attached hydrogens (primary N) is 1. The van der Waals surface area contributed by atoms with Crippen LogP contribution >= 0.6 is 0 Å². The molecule has 3 N–H and O–H groups in total. The smallest absolute Gasteiger partial charge is 0.310 e. The number of methoxy groups -OCH3 is 2. The highest BCUT2D eigenvalue weighted by Gasteiger charge is 2.29. The zero-order chi connectivity index (χ0) is 15.8. The molecular formula is C15H22N2O4. The van der Waals surface area contributed by atoms with Gasteiger partial charge in [-0.15, -0.1) is 0 Å². The molecule has 6 nitrogen and oxygen atoms in total. The van der Waals surface area contributed by atoms with Crippen molar-refractivity contribution in [1.29, 1.82) is 0 Å². The van der Waals surface area contributed by atoms with Crippen molar-refractivity contribution in [1.82, 2.24) is 5.32 Å². The second kappa shape index (κ2) is 8.39. The van der Waals surface area contributed by atoms with E-state index >= 15 is 0 Å². The molecule has 21 heavy (non-hydrogen) atoms. The molecule has 0 spiro atoms. The van der Waals surface area contributed by atoms with Gasteiger partial charge in [0, 0.05) is 7.11 Å². The first kappa shape index (κ1) is 17.1. The van der Waals surface area contributed by atoms with Gasteiger partial charge < -0.3 is 20.5 Å². The number of benzene rings is 1. The van der Waals surface area contributed by atoms with Gasteiger partial charge in [0.15, 0.2) is 0 Å². The first-order valence-corrected chi connectivity index (χ1v) is 6.69. The van der Waals surface area contributed by atoms with Crippen LogP contribution in [0.1, 0.15) is 18.5 Å². The summed E-state index contributed by atoms with van der Waals surface area (Å²) in [5.74, 6) is -1.30. The highest BCUT2D eigenvalue weighted by atomic mass is 16.5. The Morgan fingerprint density at radius 3 is 2.38 bits per heavy atom. The molecule has 0 fully saturated rings. The van der Waals surface area contributed by atoms with Gasteiger partial charge in [0.2, 0.25) is 5.91 Å². The molecule has 0 saturated carbocycles. The molecule has 0 heterocycles. The Morgan fingerprint density at radius 2 is 1.86 bits per heavy atom. The van der Waals surface area contributed by atoms with Crippen molar-refractivity contribution in [2.24, 2.45) is 11.7 Å². The fourth-order valence-electron chi connectivity index (χ4n) is 1.99. The van der Waals surface area contributed by atoms with Gasteiger partial charge in [-0.05, 0) is 12.5 Å². The number of carbonyl (C=O) groups is 2. The van der Waals surface area contributed by atoms with Crippen molar-refractivity contribution in [2.45, 2.75) is 19.0 Å². The van der Waals surface area contributed by atoms with Gasteiger partial charge in [-0.2, -0.15) is 0 Å². The number of esters is 1. The third kappa shape index (κ3) is 4.84. The molecule has 1 aromatic rings. The number of hydrogen-bond donors (Lipinski definition) is 2. The Morgan fingerprint density at radius 1 is 1.24 bits per heavy atom. The van der Waals surface area contributed by atoms with E-state index in [2.05, 4.69) is 5.32 Å². The molecule has 6 heteroatoms. The van der Waals surface area contributed by atoms with Gasteiger partial charge in [0.05, 0.1) is 25.7 Å². The van der Waals surface area contributed by atoms with Gasteiger partial charge >= 0.3 is 5.97 Å². The molecule has 0 bridgehead atoms. The number of ether oxygens (including phenoxy) is 2. The predicted octanol–water partition coefficient (Wildman–Crippen LogP) is 0.627. The SMILES string of the molecule is COCC(N)C(=O)NC(c1ccccc1)C(C)C(=O)OC. The number of nitrogens with one attached hydrogen (secondary N) is 1. The number of carbonyl (C=O) groups excluding carboxylic acids is 2. The summed E-state index contributed by atoms with van der Waals surface area (Å²) in [6.07, 6.45) is 0. The number of amides is 1. The summed E-state index contributed by atoms with van der Waals surface area (Å²) in [5.41, 5.74) is 6.52. The minimum absolute atomic E-state index is 0.111. The Hall–Kier alpha value is -1.92. The van der Waals surface area contributed by atoms with Crippen LogP contribution in [0.15, 0.2) is 30.3 Å². The Labute approximate surface area is 124 Å². The fraction of sp³-hybridized carbons (Fsp3) is 0.467. The summed E-state index contributed by atoms with van der Waals surface area (Å²) >= 11 is 0. The number of rotatable bonds is 7. The van der Waals surface area contributed by atoms with Crippen LogP contribution in [0.5, 0.6) is 0 Å². The molecule has 116 valence electrons. The quantitative estimate of drug-likeness (QED) is 0.720. The Bertz CT molecular complexity index is 464. The van der Waals surface area contributed by atoms with Crippen molar-refractivity contribution >= 4 is 11.9 Å². The van der Waals surface area contributed by atoms with Crippen LogP contribution in [0.25, 0.3) is 0 Å². The van der Waals surface area contributed by atoms with Crippen LogP contribution in [-0.4, -0.2) is 38.7 Å². The van der Waals surface area contributed by atoms with Crippen molar-refractivity contribution in [3.05, 3.63) is 35.9 Å². The summed E-state index contributed by atoms with van der Waals surface area (Å²) < 4.78 is 9.62. The summed E-state index contributed by atoms with van der Waals surface area (Å²) in [7, 11) is 2.79. The van der Waals surface area contributed by atoms with E-state index in [1.807, 2.05) is 30.3 Å². The van der Waals surface area contributed by atoms with E-state index in [0.29, 0.717) is 0 Å². The minimum Gasteiger partial charge on any atom is -0.469 e. The summed E-state index contributed by atoms with van der Waals surface area (Å²) in [5, 5.41) is 2.79. The standard InChI is InChI=1S/C15H22N2O4/c1-10(15(19)21-3)13(11-7-5-4-6-8-11)17-14(18)12(16)9-20-2/h4-8,10,12-13H,9,16H2,1-3H3,(H,17,18). The second-order valence-corrected chi connectivity index (χ2v) is 4.77. The van der Waals surface area contributed by atoms with E-state index in [0.717, 1.165) is 5.56 Å². The summed E-state index contributed by atoms with van der Waals surface area (Å²) in [6.45, 7) is 1.81. The zero-order valence-electron chi connectivity index (χ0n) is 12.5. The normalized spacial score (nSPS) is 14.9. The molecule has 1 amide bonds. The average molecular weight is 294 g/mol. The van der Waals surface area contributed by atoms with Gasteiger partial charge in [0.25, 0.3) is 0 Å². The first-order valence-electron chi connectivity index (χ1n) is 6.69. The van der Waals surface area contributed by atoms with Crippen LogP contribution in [0.4, 0.5) is 0 Å². The van der Waals surface area contributed by atoms with Crippen molar-refractivity contribution in [2.75, 3.05) is 20.8 Å². The summed E-state index contributed by atoms with van der Waals surface area (Å²) in [4.78, 5) is 23.8. The third-order valence-electron chi connectivity index (χ3n) is 3.21. The first-order chi connectivity index (χ1) is 10.0. The topological polar surface area (TPSA) is 90.6 Å². The molecule has 0 aromatic heterocycles. The van der Waals surface area contributed by atoms with Crippen molar-refractivity contribution in [3.63, 3.8) is 0 Å². The fourth-order valence-corrected chi connectivity index (χ4v) is 1.99. The Kier molecular flexibility index (Phi) is 6.84. The molecule has 0 aliphatic heterocycles. The maximum atomic E-state index is 12.1. The van der Waals surface area contributed by atoms with Crippen molar-refractivity contribution < 1.29 is 19.1 Å². The molecule has 0 aliphatic rings. The maximum Gasteiger partial charge on any atom is 0.310 e. The van der Waals surface area contributed by atoms with Gasteiger partial charge in [-0.1, -0.05) is 30.3 Å². The lowest BCUT2D eigenvalue weighted by atomic mass is 9.94. The van der Waals surface area contributed by atoms with E-state index in [1.54, 1.807) is 6.92 Å². The van der Waals surface area contributed by atoms with Crippen LogP contribution in [-0.2, 0) is 19.1 Å². The lowest BCUT2D eigenvalue weighted by molar-refractivity contribution is -0.146. The monoisotopic (exact) mass is 294 g/mol. The highest BCUT2D eigenvalue weighted by Crippen LogP contribution is 2.23. The van der Waals surface area contributed by atoms with Gasteiger partial charge in [0.1, 0.15) is 6.04 Å². The number of hydrogen-bond acceptors (Lipinski definition) is 5. The van der Waals surface area contributed by atoms with E-state index in [4.69, 9.17) is 15.2 Å². The minimum atomic E-state index is -0.786. The van der Waals surface area contributed by atoms with E-state index in [-0.39, 0.29) is 12.5 Å². The molecule has 0 radical (unpaired) electrons. The van der Waals surface area contributed by atoms with Gasteiger partial charge in [-0.25, -0.2) is 0 Å². The predicted molar refractivity (Wildman–Crippen MR) is 78.4 cm³/mol. The van der Waals surface area contributed by atoms with Crippen molar-refractivity contribution in [3.8, 4) is 0 Å². The van der Waals surface area contributed by atoms with Crippen LogP contribution in [0.3, 0.4) is 0 Å². The average Bonchev–Trinajstić information content (AvgIpc) is 2.51. The largest absolute Gasteiger partial charge is 0.469 e. The molecule has 0 aliphatic carbocycles. The zero-order valence-corrected chi connectivity index (χ0v) is 12.5. The lowest BCUT2D eigenvalue weighted by Gasteiger charge is -2.25. The van der Waals surface area contributed by atoms with Crippen LogP contribution in [0.2, 0.25) is 0 Å². The summed E-state index contributed by atoms with van der Waals surface area (Å²) in [6, 6.07) is 7.93. The van der Waals surface area contributed by atoms with E-state index in [9.17, 15) is 9.59 Å². The molecule has 1 rings (SSSR count). The molecule has 3 atom stereocenters. The van der Waals surface area contributed by atoms with Crippen LogP contribution < -0.4 is 11.1 Å². The second-order valence-electron chi connectivity index (χ2n) is 4.77. The van der Waals surface area contributed by atoms with E-state index < -0.39 is 24.0 Å². The third-order valence-corrected chi connectivity index (χ3v) is 3.21. The molecule has 1 aromatic carbocycles. The van der Waals surface area contributed by atoms with Crippen LogP contribution in [0, 0.1) is 5.92 Å². The molecule has 3 unspecified atom stereocenters. The Balaban J connectivity index is 2.93. The maximum absolute atomic E-state index is 12.1. The lowest BCUT2D eigenvalue weighted by Crippen LogP contribution is -2.46.